The molecule has 7 heteroatoms. The maximum atomic E-state index is 12.4. The molecule has 0 saturated carbocycles. The molecule has 3 rings (SSSR count). The summed E-state index contributed by atoms with van der Waals surface area (Å²) in [5, 5.41) is 8.22. The van der Waals surface area contributed by atoms with Gasteiger partial charge in [-0.25, -0.2) is 0 Å². The third kappa shape index (κ3) is 3.86. The van der Waals surface area contributed by atoms with Crippen molar-refractivity contribution in [2.75, 3.05) is 20.3 Å². The van der Waals surface area contributed by atoms with Crippen LogP contribution in [0.5, 0.6) is 5.75 Å². The van der Waals surface area contributed by atoms with Gasteiger partial charge in [-0.05, 0) is 32.0 Å². The van der Waals surface area contributed by atoms with Crippen molar-refractivity contribution in [2.45, 2.75) is 39.3 Å². The van der Waals surface area contributed by atoms with E-state index in [2.05, 4.69) is 23.8 Å². The number of hydrogen-bond acceptors (Lipinski definition) is 4. The van der Waals surface area contributed by atoms with E-state index in [0.29, 0.717) is 41.9 Å². The van der Waals surface area contributed by atoms with Crippen LogP contribution in [0.1, 0.15) is 47.2 Å². The molecule has 0 spiro atoms. The Labute approximate surface area is 158 Å². The molecular formula is C19H24ClN3O3. The number of aromatic nitrogens is 2. The smallest absolute Gasteiger partial charge is 0.255 e. The molecule has 1 amide bonds. The topological polar surface area (TPSA) is 65.4 Å². The Balaban J connectivity index is 1.68. The lowest BCUT2D eigenvalue weighted by Gasteiger charge is -2.16. The summed E-state index contributed by atoms with van der Waals surface area (Å²) in [7, 11) is 1.52. The van der Waals surface area contributed by atoms with Gasteiger partial charge in [0.05, 0.1) is 31.6 Å². The highest BCUT2D eigenvalue weighted by Gasteiger charge is 2.22. The second-order valence-electron chi connectivity index (χ2n) is 6.56. The van der Waals surface area contributed by atoms with Gasteiger partial charge in [0.2, 0.25) is 0 Å². The molecule has 6 nitrogen and oxygen atoms in total. The summed E-state index contributed by atoms with van der Waals surface area (Å²) in [6.07, 6.45) is 1.54. The average Bonchev–Trinajstić information content (AvgIpc) is 3.00. The molecule has 0 fully saturated rings. The van der Waals surface area contributed by atoms with Crippen LogP contribution in [0, 0.1) is 0 Å². The molecule has 140 valence electrons. The number of halogens is 1. The molecule has 2 heterocycles. The van der Waals surface area contributed by atoms with Crippen LogP contribution in [0.3, 0.4) is 0 Å². The number of nitrogens with zero attached hydrogens (tertiary/aromatic N) is 2. The van der Waals surface area contributed by atoms with E-state index in [1.807, 2.05) is 0 Å². The van der Waals surface area contributed by atoms with Gasteiger partial charge >= 0.3 is 0 Å². The molecule has 2 aromatic rings. The summed E-state index contributed by atoms with van der Waals surface area (Å²) in [5.74, 6) is 0.275. The van der Waals surface area contributed by atoms with Crippen LogP contribution >= 0.6 is 11.6 Å². The van der Waals surface area contributed by atoms with E-state index >= 15 is 0 Å². The van der Waals surface area contributed by atoms with Crippen LogP contribution in [-0.2, 0) is 24.2 Å². The lowest BCUT2D eigenvalue weighted by atomic mass is 10.1. The first-order chi connectivity index (χ1) is 12.5. The van der Waals surface area contributed by atoms with Crippen LogP contribution in [0.2, 0.25) is 5.02 Å². The van der Waals surface area contributed by atoms with Crippen LogP contribution < -0.4 is 10.1 Å². The first-order valence-electron chi connectivity index (χ1n) is 8.80. The van der Waals surface area contributed by atoms with Gasteiger partial charge in [0.1, 0.15) is 5.75 Å². The van der Waals surface area contributed by atoms with Gasteiger partial charge in [-0.3, -0.25) is 9.48 Å². The van der Waals surface area contributed by atoms with Crippen LogP contribution in [0.15, 0.2) is 18.2 Å². The van der Waals surface area contributed by atoms with Crippen molar-refractivity contribution in [1.82, 2.24) is 15.1 Å². The van der Waals surface area contributed by atoms with E-state index in [-0.39, 0.29) is 5.91 Å². The Morgan fingerprint density at radius 2 is 2.27 bits per heavy atom. The minimum atomic E-state index is -0.188. The summed E-state index contributed by atoms with van der Waals surface area (Å²) >= 11 is 5.95. The molecule has 1 aromatic heterocycles. The minimum Gasteiger partial charge on any atom is -0.496 e. The lowest BCUT2D eigenvalue weighted by Crippen LogP contribution is -2.26. The SMILES string of the molecule is COc1cc(Cl)ccc1C(=O)NCCc1nn(C(C)C)c2c1COCC2. The normalized spacial score (nSPS) is 13.6. The summed E-state index contributed by atoms with van der Waals surface area (Å²) in [6.45, 7) is 6.07. The molecule has 1 aliphatic rings. The van der Waals surface area contributed by atoms with Crippen molar-refractivity contribution in [3.05, 3.63) is 45.7 Å². The molecule has 1 aliphatic heterocycles. The van der Waals surface area contributed by atoms with E-state index in [9.17, 15) is 4.79 Å². The molecule has 0 radical (unpaired) electrons. The van der Waals surface area contributed by atoms with Gasteiger partial charge in [0, 0.05) is 41.7 Å². The number of rotatable bonds is 6. The molecule has 0 bridgehead atoms. The first-order valence-corrected chi connectivity index (χ1v) is 9.17. The monoisotopic (exact) mass is 377 g/mol. The Morgan fingerprint density at radius 3 is 3.00 bits per heavy atom. The van der Waals surface area contributed by atoms with E-state index in [0.717, 1.165) is 18.7 Å². The molecule has 1 aromatic carbocycles. The van der Waals surface area contributed by atoms with Crippen molar-refractivity contribution in [3.63, 3.8) is 0 Å². The van der Waals surface area contributed by atoms with E-state index in [4.69, 9.17) is 26.2 Å². The van der Waals surface area contributed by atoms with Crippen LogP contribution in [0.25, 0.3) is 0 Å². The van der Waals surface area contributed by atoms with Crippen LogP contribution in [0.4, 0.5) is 0 Å². The molecule has 0 aliphatic carbocycles. The Hall–Kier alpha value is -2.05. The van der Waals surface area contributed by atoms with Gasteiger partial charge in [-0.2, -0.15) is 5.10 Å². The number of nitrogens with one attached hydrogen (secondary N) is 1. The van der Waals surface area contributed by atoms with Crippen molar-refractivity contribution in [2.24, 2.45) is 0 Å². The zero-order valence-corrected chi connectivity index (χ0v) is 16.1. The standard InChI is InChI=1S/C19H24ClN3O3/c1-12(2)23-17-7-9-26-11-15(17)16(22-23)6-8-21-19(24)14-5-4-13(20)10-18(14)25-3/h4-5,10,12H,6-9,11H2,1-3H3,(H,21,24). The fourth-order valence-electron chi connectivity index (χ4n) is 3.20. The zero-order chi connectivity index (χ0) is 18.7. The Morgan fingerprint density at radius 1 is 1.46 bits per heavy atom. The summed E-state index contributed by atoms with van der Waals surface area (Å²) in [6, 6.07) is 5.29. The Kier molecular flexibility index (Phi) is 5.84. The van der Waals surface area contributed by atoms with Gasteiger partial charge in [0.15, 0.2) is 0 Å². The van der Waals surface area contributed by atoms with Crippen LogP contribution in [-0.4, -0.2) is 35.9 Å². The molecule has 0 atom stereocenters. The highest BCUT2D eigenvalue weighted by molar-refractivity contribution is 6.30. The summed E-state index contributed by atoms with van der Waals surface area (Å²) in [5.41, 5.74) is 3.89. The third-order valence-corrected chi connectivity index (χ3v) is 4.71. The van der Waals surface area contributed by atoms with E-state index in [1.165, 1.54) is 18.4 Å². The second kappa shape index (κ2) is 8.10. The van der Waals surface area contributed by atoms with Crippen molar-refractivity contribution >= 4 is 17.5 Å². The molecular weight excluding hydrogens is 354 g/mol. The quantitative estimate of drug-likeness (QED) is 0.839. The fourth-order valence-corrected chi connectivity index (χ4v) is 3.36. The molecule has 26 heavy (non-hydrogen) atoms. The highest BCUT2D eigenvalue weighted by atomic mass is 35.5. The predicted molar refractivity (Wildman–Crippen MR) is 100 cm³/mol. The number of hydrogen-bond donors (Lipinski definition) is 1. The highest BCUT2D eigenvalue weighted by Crippen LogP contribution is 2.25. The number of benzene rings is 1. The molecule has 0 saturated heterocycles. The van der Waals surface area contributed by atoms with E-state index < -0.39 is 0 Å². The number of ether oxygens (including phenoxy) is 2. The van der Waals surface area contributed by atoms with Gasteiger partial charge in [-0.15, -0.1) is 0 Å². The van der Waals surface area contributed by atoms with Gasteiger partial charge < -0.3 is 14.8 Å². The first kappa shape index (κ1) is 18.7. The predicted octanol–water partition coefficient (Wildman–Crippen LogP) is 3.17. The number of fused-ring (bicyclic) bond motifs is 1. The molecule has 1 N–H and O–H groups in total. The zero-order valence-electron chi connectivity index (χ0n) is 15.3. The summed E-state index contributed by atoms with van der Waals surface area (Å²) < 4.78 is 12.9. The largest absolute Gasteiger partial charge is 0.496 e. The molecule has 0 unspecified atom stereocenters. The van der Waals surface area contributed by atoms with Crippen molar-refractivity contribution < 1.29 is 14.3 Å². The number of carbonyl (C=O) groups is 1. The Bertz CT molecular complexity index is 802. The summed E-state index contributed by atoms with van der Waals surface area (Å²) in [4.78, 5) is 12.4. The van der Waals surface area contributed by atoms with Gasteiger partial charge in [0.25, 0.3) is 5.91 Å². The van der Waals surface area contributed by atoms with Gasteiger partial charge in [-0.1, -0.05) is 11.6 Å². The lowest BCUT2D eigenvalue weighted by molar-refractivity contribution is 0.0951. The minimum absolute atomic E-state index is 0.188. The third-order valence-electron chi connectivity index (χ3n) is 4.48. The maximum Gasteiger partial charge on any atom is 0.255 e. The number of amides is 1. The fraction of sp³-hybridized carbons (Fsp3) is 0.474. The van der Waals surface area contributed by atoms with Crippen molar-refractivity contribution in [1.29, 1.82) is 0 Å². The number of carbonyl (C=O) groups excluding carboxylic acids is 1. The second-order valence-corrected chi connectivity index (χ2v) is 7.00. The number of methoxy groups -OCH3 is 1. The van der Waals surface area contributed by atoms with Crippen molar-refractivity contribution in [3.8, 4) is 5.75 Å². The van der Waals surface area contributed by atoms with E-state index in [1.54, 1.807) is 18.2 Å². The average molecular weight is 378 g/mol. The maximum absolute atomic E-state index is 12.4.